The molecule has 0 amide bonds. The van der Waals surface area contributed by atoms with Crippen LogP contribution >= 0.6 is 0 Å². The number of carboxylic acids is 1. The lowest BCUT2D eigenvalue weighted by Crippen LogP contribution is -2.12. The summed E-state index contributed by atoms with van der Waals surface area (Å²) >= 11 is 0. The van der Waals surface area contributed by atoms with Crippen molar-refractivity contribution in [2.75, 3.05) is 0 Å². The van der Waals surface area contributed by atoms with Crippen molar-refractivity contribution in [3.05, 3.63) is 71.3 Å². The Morgan fingerprint density at radius 3 is 2.50 bits per heavy atom. The standard InChI is InChI=1S/C27H33N3O2/c1-3-19(2)30-26(28-25(29-30)17-20-9-5-4-6-10-20)18-21-13-15-22(16-14-21)23-11-7-8-12-24(23)27(31)32/h7-8,11-16,19-20H,3-6,9-10,17-18H2,1-2H3,(H,31,32). The molecule has 1 aliphatic carbocycles. The Labute approximate surface area is 190 Å². The Balaban J connectivity index is 1.55. The summed E-state index contributed by atoms with van der Waals surface area (Å²) in [5.74, 6) is 1.82. The van der Waals surface area contributed by atoms with Gasteiger partial charge in [0.1, 0.15) is 5.82 Å². The van der Waals surface area contributed by atoms with Gasteiger partial charge in [0.05, 0.1) is 11.6 Å². The minimum atomic E-state index is -0.906. The molecule has 1 fully saturated rings. The Kier molecular flexibility index (Phi) is 7.03. The lowest BCUT2D eigenvalue weighted by atomic mass is 9.87. The minimum Gasteiger partial charge on any atom is -0.478 e. The van der Waals surface area contributed by atoms with E-state index in [1.165, 1.54) is 32.1 Å². The van der Waals surface area contributed by atoms with Gasteiger partial charge in [-0.15, -0.1) is 0 Å². The van der Waals surface area contributed by atoms with E-state index in [9.17, 15) is 9.90 Å². The molecule has 0 aliphatic heterocycles. The van der Waals surface area contributed by atoms with Gasteiger partial charge in [0, 0.05) is 12.8 Å². The Hall–Kier alpha value is -2.95. The molecule has 5 nitrogen and oxygen atoms in total. The van der Waals surface area contributed by atoms with Gasteiger partial charge in [-0.2, -0.15) is 5.10 Å². The average Bonchev–Trinajstić information content (AvgIpc) is 3.21. The summed E-state index contributed by atoms with van der Waals surface area (Å²) in [4.78, 5) is 16.5. The summed E-state index contributed by atoms with van der Waals surface area (Å²) in [5.41, 5.74) is 3.13. The molecular formula is C27H33N3O2. The van der Waals surface area contributed by atoms with E-state index >= 15 is 0 Å². The molecule has 0 spiro atoms. The fourth-order valence-electron chi connectivity index (χ4n) is 4.69. The molecule has 4 rings (SSSR count). The number of nitrogens with zero attached hydrogens (tertiary/aromatic N) is 3. The number of carboxylic acid groups (broad SMARTS) is 1. The number of hydrogen-bond donors (Lipinski definition) is 1. The van der Waals surface area contributed by atoms with Crippen molar-refractivity contribution in [1.29, 1.82) is 0 Å². The van der Waals surface area contributed by atoms with Crippen molar-refractivity contribution >= 4 is 5.97 Å². The first kappa shape index (κ1) is 22.3. The summed E-state index contributed by atoms with van der Waals surface area (Å²) in [5, 5.41) is 14.4. The van der Waals surface area contributed by atoms with Gasteiger partial charge in [0.2, 0.25) is 0 Å². The zero-order valence-electron chi connectivity index (χ0n) is 19.1. The summed E-state index contributed by atoms with van der Waals surface area (Å²) in [6.45, 7) is 4.39. The number of benzene rings is 2. The van der Waals surface area contributed by atoms with Crippen LogP contribution in [0.1, 0.15) is 86.0 Å². The van der Waals surface area contributed by atoms with Crippen LogP contribution in [0.5, 0.6) is 0 Å². The van der Waals surface area contributed by atoms with Crippen LogP contribution in [-0.2, 0) is 12.8 Å². The van der Waals surface area contributed by atoms with Crippen molar-refractivity contribution in [2.45, 2.75) is 71.3 Å². The van der Waals surface area contributed by atoms with Crippen LogP contribution in [0.2, 0.25) is 0 Å². The third kappa shape index (κ3) is 5.09. The largest absolute Gasteiger partial charge is 0.478 e. The molecule has 5 heteroatoms. The van der Waals surface area contributed by atoms with Crippen LogP contribution in [0.15, 0.2) is 48.5 Å². The highest BCUT2D eigenvalue weighted by Crippen LogP contribution is 2.28. The first-order valence-corrected chi connectivity index (χ1v) is 11.9. The van der Waals surface area contributed by atoms with Gasteiger partial charge in [-0.25, -0.2) is 14.5 Å². The first-order valence-electron chi connectivity index (χ1n) is 11.9. The topological polar surface area (TPSA) is 68.0 Å². The Bertz CT molecular complexity index is 1050. The highest BCUT2D eigenvalue weighted by molar-refractivity contribution is 5.95. The molecule has 0 bridgehead atoms. The average molecular weight is 432 g/mol. The molecule has 32 heavy (non-hydrogen) atoms. The number of rotatable bonds is 8. The second-order valence-electron chi connectivity index (χ2n) is 9.08. The normalized spacial score (nSPS) is 15.6. The molecule has 1 saturated carbocycles. The van der Waals surface area contributed by atoms with E-state index in [0.29, 0.717) is 11.6 Å². The van der Waals surface area contributed by atoms with Gasteiger partial charge >= 0.3 is 5.97 Å². The smallest absolute Gasteiger partial charge is 0.336 e. The maximum absolute atomic E-state index is 11.6. The molecule has 1 aliphatic rings. The summed E-state index contributed by atoms with van der Waals surface area (Å²) in [7, 11) is 0. The number of aromatic carboxylic acids is 1. The quantitative estimate of drug-likeness (QED) is 0.453. The van der Waals surface area contributed by atoms with Crippen LogP contribution < -0.4 is 0 Å². The fourth-order valence-corrected chi connectivity index (χ4v) is 4.69. The molecule has 3 aromatic rings. The van der Waals surface area contributed by atoms with Gasteiger partial charge < -0.3 is 5.11 Å². The van der Waals surface area contributed by atoms with Crippen LogP contribution in [-0.4, -0.2) is 25.8 Å². The van der Waals surface area contributed by atoms with Crippen molar-refractivity contribution in [2.24, 2.45) is 5.92 Å². The van der Waals surface area contributed by atoms with Crippen molar-refractivity contribution in [3.63, 3.8) is 0 Å². The van der Waals surface area contributed by atoms with Crippen LogP contribution in [0, 0.1) is 5.92 Å². The molecule has 0 radical (unpaired) electrons. The van der Waals surface area contributed by atoms with Gasteiger partial charge in [0.15, 0.2) is 5.82 Å². The van der Waals surface area contributed by atoms with Crippen LogP contribution in [0.25, 0.3) is 11.1 Å². The SMILES string of the molecule is CCC(C)n1nc(CC2CCCCC2)nc1Cc1ccc(-c2ccccc2C(=O)O)cc1. The number of carbonyl (C=O) groups is 1. The highest BCUT2D eigenvalue weighted by Gasteiger charge is 2.20. The van der Waals surface area contributed by atoms with E-state index in [-0.39, 0.29) is 0 Å². The Morgan fingerprint density at radius 2 is 1.81 bits per heavy atom. The van der Waals surface area contributed by atoms with Crippen LogP contribution in [0.3, 0.4) is 0 Å². The molecule has 1 N–H and O–H groups in total. The lowest BCUT2D eigenvalue weighted by Gasteiger charge is -2.19. The molecule has 2 aromatic carbocycles. The van der Waals surface area contributed by atoms with Gasteiger partial charge in [0.25, 0.3) is 0 Å². The predicted molar refractivity (Wildman–Crippen MR) is 127 cm³/mol. The number of hydrogen-bond acceptors (Lipinski definition) is 3. The second-order valence-corrected chi connectivity index (χ2v) is 9.08. The Morgan fingerprint density at radius 1 is 1.09 bits per heavy atom. The number of aromatic nitrogens is 3. The highest BCUT2D eigenvalue weighted by atomic mass is 16.4. The maximum atomic E-state index is 11.6. The first-order chi connectivity index (χ1) is 15.5. The van der Waals surface area contributed by atoms with E-state index in [2.05, 4.69) is 30.7 Å². The van der Waals surface area contributed by atoms with Crippen molar-refractivity contribution in [1.82, 2.24) is 14.8 Å². The molecule has 0 saturated heterocycles. The van der Waals surface area contributed by atoms with E-state index in [0.717, 1.165) is 53.5 Å². The molecule has 1 atom stereocenters. The molecule has 1 heterocycles. The lowest BCUT2D eigenvalue weighted by molar-refractivity contribution is 0.0697. The molecular weight excluding hydrogens is 398 g/mol. The van der Waals surface area contributed by atoms with Crippen LogP contribution in [0.4, 0.5) is 0 Å². The van der Waals surface area contributed by atoms with Gasteiger partial charge in [-0.05, 0) is 42.0 Å². The predicted octanol–water partition coefficient (Wildman–Crippen LogP) is 6.33. The third-order valence-electron chi connectivity index (χ3n) is 6.73. The van der Waals surface area contributed by atoms with E-state index in [1.807, 2.05) is 24.3 Å². The summed E-state index contributed by atoms with van der Waals surface area (Å²) in [6, 6.07) is 15.6. The van der Waals surface area contributed by atoms with Crippen molar-refractivity contribution in [3.8, 4) is 11.1 Å². The van der Waals surface area contributed by atoms with E-state index in [4.69, 9.17) is 10.1 Å². The monoisotopic (exact) mass is 431 g/mol. The second kappa shape index (κ2) is 10.1. The molecule has 1 aromatic heterocycles. The van der Waals surface area contributed by atoms with Crippen molar-refractivity contribution < 1.29 is 9.90 Å². The van der Waals surface area contributed by atoms with Gasteiger partial charge in [-0.1, -0.05) is 81.5 Å². The van der Waals surface area contributed by atoms with E-state index < -0.39 is 5.97 Å². The fraction of sp³-hybridized carbons (Fsp3) is 0.444. The summed E-state index contributed by atoms with van der Waals surface area (Å²) < 4.78 is 2.12. The zero-order valence-corrected chi connectivity index (χ0v) is 19.1. The summed E-state index contributed by atoms with van der Waals surface area (Å²) in [6.07, 6.45) is 9.36. The minimum absolute atomic E-state index is 0.319. The maximum Gasteiger partial charge on any atom is 0.336 e. The van der Waals surface area contributed by atoms with Gasteiger partial charge in [-0.3, -0.25) is 0 Å². The zero-order chi connectivity index (χ0) is 22.5. The molecule has 168 valence electrons. The molecule has 1 unspecified atom stereocenters. The third-order valence-corrected chi connectivity index (χ3v) is 6.73. The van der Waals surface area contributed by atoms with E-state index in [1.54, 1.807) is 12.1 Å².